The largest absolute Gasteiger partial charge is 0.336 e. The first-order valence-electron chi connectivity index (χ1n) is 2.49. The Morgan fingerprint density at radius 3 is 2.50 bits per heavy atom. The standard InChI is InChI=1S/C5H7BrF2N2/c1-3(4(6)9)2-10-5(7)8/h2,5,9-10H,1H3/b3-2-,9-4?. The smallest absolute Gasteiger partial charge is 0.312 e. The van der Waals surface area contributed by atoms with Crippen LogP contribution in [0.2, 0.25) is 0 Å². The highest BCUT2D eigenvalue weighted by atomic mass is 79.9. The van der Waals surface area contributed by atoms with Crippen molar-refractivity contribution in [1.82, 2.24) is 5.32 Å². The fraction of sp³-hybridized carbons (Fsp3) is 0.400. The van der Waals surface area contributed by atoms with E-state index in [1.54, 1.807) is 12.2 Å². The van der Waals surface area contributed by atoms with Crippen molar-refractivity contribution in [3.05, 3.63) is 11.8 Å². The average molecular weight is 213 g/mol. The molecule has 0 spiro atoms. The van der Waals surface area contributed by atoms with Crippen molar-refractivity contribution in [3.63, 3.8) is 0 Å². The summed E-state index contributed by atoms with van der Waals surface area (Å²) < 4.78 is 22.9. The second-order valence-electron chi connectivity index (χ2n) is 1.61. The third kappa shape index (κ3) is 4.43. The van der Waals surface area contributed by atoms with Gasteiger partial charge in [0.1, 0.15) is 4.62 Å². The van der Waals surface area contributed by atoms with E-state index in [-0.39, 0.29) is 4.62 Å². The van der Waals surface area contributed by atoms with Crippen LogP contribution in [0.25, 0.3) is 0 Å². The zero-order valence-electron chi connectivity index (χ0n) is 5.29. The Kier molecular flexibility index (Phi) is 4.18. The van der Waals surface area contributed by atoms with Crippen LogP contribution in [0.3, 0.4) is 0 Å². The number of halogens is 3. The van der Waals surface area contributed by atoms with Gasteiger partial charge < -0.3 is 5.32 Å². The van der Waals surface area contributed by atoms with Gasteiger partial charge in [0.05, 0.1) is 0 Å². The summed E-state index contributed by atoms with van der Waals surface area (Å²) in [5.41, 5.74) is 0.431. The number of hydrogen-bond acceptors (Lipinski definition) is 2. The number of rotatable bonds is 3. The molecule has 0 radical (unpaired) electrons. The first kappa shape index (κ1) is 9.55. The molecule has 0 aromatic carbocycles. The Morgan fingerprint density at radius 1 is 1.70 bits per heavy atom. The normalized spacial score (nSPS) is 11.9. The molecule has 0 aliphatic heterocycles. The van der Waals surface area contributed by atoms with E-state index in [4.69, 9.17) is 5.41 Å². The summed E-state index contributed by atoms with van der Waals surface area (Å²) >= 11 is 2.82. The molecule has 0 rings (SSSR count). The lowest BCUT2D eigenvalue weighted by Gasteiger charge is -1.98. The van der Waals surface area contributed by atoms with Gasteiger partial charge in [-0.3, -0.25) is 5.41 Å². The van der Waals surface area contributed by atoms with Crippen molar-refractivity contribution < 1.29 is 8.78 Å². The fourth-order valence-corrected chi connectivity index (χ4v) is 0.366. The van der Waals surface area contributed by atoms with Gasteiger partial charge >= 0.3 is 6.55 Å². The van der Waals surface area contributed by atoms with E-state index in [1.165, 1.54) is 0 Å². The van der Waals surface area contributed by atoms with Crippen molar-refractivity contribution in [3.8, 4) is 0 Å². The van der Waals surface area contributed by atoms with Gasteiger partial charge in [-0.15, -0.1) is 0 Å². The monoisotopic (exact) mass is 212 g/mol. The maximum absolute atomic E-state index is 11.4. The highest BCUT2D eigenvalue weighted by molar-refractivity contribution is 9.18. The molecule has 0 saturated carbocycles. The van der Waals surface area contributed by atoms with Crippen LogP contribution in [0.4, 0.5) is 8.78 Å². The summed E-state index contributed by atoms with van der Waals surface area (Å²) in [7, 11) is 0. The van der Waals surface area contributed by atoms with Crippen molar-refractivity contribution in [2.45, 2.75) is 13.5 Å². The molecule has 0 aromatic heterocycles. The van der Waals surface area contributed by atoms with Gasteiger partial charge in [-0.25, -0.2) is 0 Å². The minimum absolute atomic E-state index is 0.0978. The number of hydrogen-bond donors (Lipinski definition) is 2. The molecular formula is C5H7BrF2N2. The van der Waals surface area contributed by atoms with E-state index >= 15 is 0 Å². The first-order chi connectivity index (χ1) is 4.54. The minimum atomic E-state index is -2.57. The zero-order chi connectivity index (χ0) is 8.15. The Balaban J connectivity index is 3.81. The van der Waals surface area contributed by atoms with Gasteiger partial charge in [0.2, 0.25) is 0 Å². The maximum Gasteiger partial charge on any atom is 0.312 e. The van der Waals surface area contributed by atoms with Crippen LogP contribution in [0.1, 0.15) is 6.92 Å². The lowest BCUT2D eigenvalue weighted by atomic mass is 10.4. The molecule has 5 heteroatoms. The van der Waals surface area contributed by atoms with Gasteiger partial charge in [0, 0.05) is 6.20 Å². The van der Waals surface area contributed by atoms with Gasteiger partial charge in [-0.2, -0.15) is 8.78 Å². The number of alkyl halides is 2. The average Bonchev–Trinajstić information content (AvgIpc) is 1.82. The predicted molar refractivity (Wildman–Crippen MR) is 39.6 cm³/mol. The molecule has 0 aliphatic rings. The van der Waals surface area contributed by atoms with Crippen molar-refractivity contribution in [2.75, 3.05) is 0 Å². The summed E-state index contributed by atoms with van der Waals surface area (Å²) in [6, 6.07) is 0. The Morgan fingerprint density at radius 2 is 2.20 bits per heavy atom. The minimum Gasteiger partial charge on any atom is -0.336 e. The van der Waals surface area contributed by atoms with Crippen LogP contribution < -0.4 is 5.32 Å². The van der Waals surface area contributed by atoms with E-state index in [0.29, 0.717) is 5.57 Å². The van der Waals surface area contributed by atoms with E-state index in [9.17, 15) is 8.78 Å². The second-order valence-corrected chi connectivity index (χ2v) is 2.40. The lowest BCUT2D eigenvalue weighted by molar-refractivity contribution is 0.125. The summed E-state index contributed by atoms with van der Waals surface area (Å²) in [5, 5.41) is 8.67. The number of nitrogens with one attached hydrogen (secondary N) is 2. The van der Waals surface area contributed by atoms with E-state index in [0.717, 1.165) is 6.20 Å². The number of allylic oxidation sites excluding steroid dienone is 1. The SMILES string of the molecule is C/C(=C/NC(F)F)C(=N)Br. The quantitative estimate of drug-likeness (QED) is 0.546. The Bertz CT molecular complexity index is 156. The van der Waals surface area contributed by atoms with Crippen LogP contribution in [0.5, 0.6) is 0 Å². The highest BCUT2D eigenvalue weighted by Gasteiger charge is 1.97. The van der Waals surface area contributed by atoms with E-state index in [2.05, 4.69) is 15.9 Å². The molecule has 0 saturated heterocycles. The highest BCUT2D eigenvalue weighted by Crippen LogP contribution is 2.00. The van der Waals surface area contributed by atoms with Crippen molar-refractivity contribution in [2.24, 2.45) is 0 Å². The molecule has 0 unspecified atom stereocenters. The molecular weight excluding hydrogens is 206 g/mol. The molecule has 0 fully saturated rings. The predicted octanol–water partition coefficient (Wildman–Crippen LogP) is 2.07. The first-order valence-corrected chi connectivity index (χ1v) is 3.28. The molecule has 2 N–H and O–H groups in total. The summed E-state index contributed by atoms with van der Waals surface area (Å²) in [5.74, 6) is 0. The molecule has 0 heterocycles. The Hall–Kier alpha value is -0.450. The lowest BCUT2D eigenvalue weighted by Crippen LogP contribution is -2.13. The molecule has 58 valence electrons. The van der Waals surface area contributed by atoms with Crippen molar-refractivity contribution in [1.29, 1.82) is 5.41 Å². The van der Waals surface area contributed by atoms with Crippen LogP contribution >= 0.6 is 15.9 Å². The third-order valence-corrected chi connectivity index (χ3v) is 1.40. The van der Waals surface area contributed by atoms with Gasteiger partial charge in [-0.05, 0) is 28.4 Å². The van der Waals surface area contributed by atoms with Crippen molar-refractivity contribution >= 4 is 20.6 Å². The van der Waals surface area contributed by atoms with Crippen LogP contribution in [0, 0.1) is 5.41 Å². The molecule has 0 aromatic rings. The topological polar surface area (TPSA) is 35.9 Å². The maximum atomic E-state index is 11.4. The van der Waals surface area contributed by atoms with Crippen LogP contribution in [-0.2, 0) is 0 Å². The molecule has 2 nitrogen and oxygen atoms in total. The van der Waals surface area contributed by atoms with Gasteiger partial charge in [-0.1, -0.05) is 0 Å². The molecule has 0 bridgehead atoms. The molecule has 0 atom stereocenters. The molecule has 10 heavy (non-hydrogen) atoms. The van der Waals surface area contributed by atoms with Crippen LogP contribution in [0.15, 0.2) is 11.8 Å². The van der Waals surface area contributed by atoms with Gasteiger partial charge in [0.25, 0.3) is 0 Å². The van der Waals surface area contributed by atoms with Gasteiger partial charge in [0.15, 0.2) is 0 Å². The van der Waals surface area contributed by atoms with E-state index < -0.39 is 6.55 Å². The molecule has 0 aliphatic carbocycles. The zero-order valence-corrected chi connectivity index (χ0v) is 6.87. The summed E-state index contributed by atoms with van der Waals surface area (Å²) in [6.07, 6.45) is 1.09. The second kappa shape index (κ2) is 4.38. The fourth-order valence-electron chi connectivity index (χ4n) is 0.251. The Labute approximate surface area is 65.9 Å². The van der Waals surface area contributed by atoms with E-state index in [1.807, 2.05) is 0 Å². The molecule has 0 amide bonds. The third-order valence-electron chi connectivity index (χ3n) is 0.772. The summed E-state index contributed by atoms with van der Waals surface area (Å²) in [4.78, 5) is 0. The summed E-state index contributed by atoms with van der Waals surface area (Å²) in [6.45, 7) is -1.02. The van der Waals surface area contributed by atoms with Crippen LogP contribution in [-0.4, -0.2) is 11.2 Å².